The quantitative estimate of drug-likeness (QED) is 0.451. The number of hydrogen-bond donors (Lipinski definition) is 1. The molecule has 0 fully saturated rings. The molecule has 0 aliphatic carbocycles. The van der Waals surface area contributed by atoms with E-state index in [9.17, 15) is 0 Å². The largest absolute Gasteiger partial charge is 0.493 e. The molecule has 0 radical (unpaired) electrons. The molecular weight excluding hydrogens is 302 g/mol. The van der Waals surface area contributed by atoms with E-state index in [-0.39, 0.29) is 0 Å². The van der Waals surface area contributed by atoms with Crippen molar-refractivity contribution >= 4 is 21.6 Å². The maximum atomic E-state index is 5.76. The Morgan fingerprint density at radius 1 is 0.947 bits per heavy atom. The number of hydrogen-bond acceptors (Lipinski definition) is 2. The number of ether oxygens (including phenoxy) is 1. The topological polar surface area (TPSA) is 35.2 Å². The second kappa shape index (κ2) is 10.1. The second-order valence-corrected chi connectivity index (χ2v) is 5.96. The van der Waals surface area contributed by atoms with Gasteiger partial charge in [0.05, 0.1) is 6.61 Å². The van der Waals surface area contributed by atoms with Crippen molar-refractivity contribution in [3.8, 4) is 5.75 Å². The summed E-state index contributed by atoms with van der Waals surface area (Å²) in [5.74, 6) is 0.856. The Labute approximate surface area is 125 Å². The van der Waals surface area contributed by atoms with Crippen molar-refractivity contribution in [2.75, 3.05) is 12.3 Å². The maximum Gasteiger partial charge on any atom is 0.122 e. The van der Waals surface area contributed by atoms with Gasteiger partial charge in [-0.15, -0.1) is 0 Å². The molecule has 0 spiro atoms. The predicted molar refractivity (Wildman–Crippen MR) is 86.7 cm³/mol. The van der Waals surface area contributed by atoms with Gasteiger partial charge in [0.15, 0.2) is 0 Å². The summed E-state index contributed by atoms with van der Waals surface area (Å²) in [4.78, 5) is 0. The SMILES string of the molecule is CCCCCCCCCCOc1cc(N)cc(Br)c1. The van der Waals surface area contributed by atoms with Gasteiger partial charge in [-0.2, -0.15) is 0 Å². The molecule has 0 bridgehead atoms. The first-order valence-corrected chi connectivity index (χ1v) is 8.20. The number of nitrogens with two attached hydrogens (primary N) is 1. The fourth-order valence-electron chi connectivity index (χ4n) is 2.09. The predicted octanol–water partition coefficient (Wildman–Crippen LogP) is 5.55. The highest BCUT2D eigenvalue weighted by atomic mass is 79.9. The van der Waals surface area contributed by atoms with Gasteiger partial charge in [0.25, 0.3) is 0 Å². The van der Waals surface area contributed by atoms with E-state index < -0.39 is 0 Å². The standard InChI is InChI=1S/C16H26BrNO/c1-2-3-4-5-6-7-8-9-10-19-16-12-14(17)11-15(18)13-16/h11-13H,2-10,18H2,1H3. The van der Waals surface area contributed by atoms with Gasteiger partial charge in [0, 0.05) is 16.2 Å². The van der Waals surface area contributed by atoms with Gasteiger partial charge in [-0.25, -0.2) is 0 Å². The fourth-order valence-corrected chi connectivity index (χ4v) is 2.58. The molecule has 1 rings (SSSR count). The van der Waals surface area contributed by atoms with Crippen LogP contribution in [-0.2, 0) is 0 Å². The molecule has 2 nitrogen and oxygen atoms in total. The number of anilines is 1. The van der Waals surface area contributed by atoms with E-state index in [4.69, 9.17) is 10.5 Å². The number of benzene rings is 1. The van der Waals surface area contributed by atoms with E-state index in [1.807, 2.05) is 18.2 Å². The van der Waals surface area contributed by atoms with Crippen molar-refractivity contribution in [3.05, 3.63) is 22.7 Å². The minimum absolute atomic E-state index is 0.736. The van der Waals surface area contributed by atoms with E-state index in [0.29, 0.717) is 0 Å². The number of rotatable bonds is 10. The van der Waals surface area contributed by atoms with Crippen molar-refractivity contribution in [2.24, 2.45) is 0 Å². The van der Waals surface area contributed by atoms with Crippen LogP contribution < -0.4 is 10.5 Å². The summed E-state index contributed by atoms with van der Waals surface area (Å²) in [6.07, 6.45) is 10.6. The molecule has 1 aromatic carbocycles. The van der Waals surface area contributed by atoms with Crippen molar-refractivity contribution < 1.29 is 4.74 Å². The Morgan fingerprint density at radius 2 is 1.58 bits per heavy atom. The van der Waals surface area contributed by atoms with Crippen LogP contribution in [0.4, 0.5) is 5.69 Å². The Balaban J connectivity index is 2.01. The molecule has 0 unspecified atom stereocenters. The normalized spacial score (nSPS) is 10.6. The van der Waals surface area contributed by atoms with Gasteiger partial charge >= 0.3 is 0 Å². The first-order chi connectivity index (χ1) is 9.22. The molecule has 0 amide bonds. The van der Waals surface area contributed by atoms with Crippen molar-refractivity contribution in [1.29, 1.82) is 0 Å². The summed E-state index contributed by atoms with van der Waals surface area (Å²) >= 11 is 3.42. The van der Waals surface area contributed by atoms with Crippen LogP contribution in [0, 0.1) is 0 Å². The minimum Gasteiger partial charge on any atom is -0.493 e. The Bertz CT molecular complexity index is 334. The molecule has 3 heteroatoms. The van der Waals surface area contributed by atoms with Crippen molar-refractivity contribution in [3.63, 3.8) is 0 Å². The van der Waals surface area contributed by atoms with E-state index in [1.54, 1.807) is 0 Å². The molecular formula is C16H26BrNO. The number of nitrogen functional groups attached to an aromatic ring is 1. The van der Waals surface area contributed by atoms with Gasteiger partial charge < -0.3 is 10.5 Å². The van der Waals surface area contributed by atoms with Gasteiger partial charge in [-0.05, 0) is 18.6 Å². The average molecular weight is 328 g/mol. The zero-order valence-corrected chi connectivity index (χ0v) is 13.5. The first kappa shape index (κ1) is 16.4. The Hall–Kier alpha value is -0.700. The molecule has 108 valence electrons. The molecule has 0 saturated heterocycles. The third-order valence-corrected chi connectivity index (χ3v) is 3.62. The lowest BCUT2D eigenvalue weighted by Crippen LogP contribution is -1.98. The zero-order chi connectivity index (χ0) is 13.9. The van der Waals surface area contributed by atoms with E-state index >= 15 is 0 Å². The molecule has 0 aromatic heterocycles. The highest BCUT2D eigenvalue weighted by Gasteiger charge is 1.98. The third-order valence-electron chi connectivity index (χ3n) is 3.16. The molecule has 1 aromatic rings. The highest BCUT2D eigenvalue weighted by Crippen LogP contribution is 2.23. The van der Waals surface area contributed by atoms with Crippen molar-refractivity contribution in [2.45, 2.75) is 58.3 Å². The fraction of sp³-hybridized carbons (Fsp3) is 0.625. The summed E-state index contributed by atoms with van der Waals surface area (Å²) in [6, 6.07) is 5.71. The lowest BCUT2D eigenvalue weighted by atomic mass is 10.1. The smallest absolute Gasteiger partial charge is 0.122 e. The van der Waals surface area contributed by atoms with E-state index in [1.165, 1.54) is 44.9 Å². The second-order valence-electron chi connectivity index (χ2n) is 5.04. The third kappa shape index (κ3) is 8.14. The van der Waals surface area contributed by atoms with Crippen LogP contribution in [0.2, 0.25) is 0 Å². The van der Waals surface area contributed by atoms with Crippen LogP contribution in [0.25, 0.3) is 0 Å². The summed E-state index contributed by atoms with van der Waals surface area (Å²) < 4.78 is 6.67. The molecule has 19 heavy (non-hydrogen) atoms. The van der Waals surface area contributed by atoms with Crippen LogP contribution in [0.1, 0.15) is 58.3 Å². The van der Waals surface area contributed by atoms with Crippen LogP contribution in [-0.4, -0.2) is 6.61 Å². The molecule has 0 aliphatic heterocycles. The van der Waals surface area contributed by atoms with E-state index in [0.717, 1.165) is 28.9 Å². The average Bonchev–Trinajstić information content (AvgIpc) is 2.36. The van der Waals surface area contributed by atoms with E-state index in [2.05, 4.69) is 22.9 Å². The van der Waals surface area contributed by atoms with Crippen molar-refractivity contribution in [1.82, 2.24) is 0 Å². The van der Waals surface area contributed by atoms with Crippen LogP contribution in [0.3, 0.4) is 0 Å². The molecule has 0 aliphatic rings. The summed E-state index contributed by atoms with van der Waals surface area (Å²) in [5, 5.41) is 0. The highest BCUT2D eigenvalue weighted by molar-refractivity contribution is 9.10. The monoisotopic (exact) mass is 327 g/mol. The van der Waals surface area contributed by atoms with Crippen LogP contribution >= 0.6 is 15.9 Å². The van der Waals surface area contributed by atoms with Gasteiger partial charge in [-0.3, -0.25) is 0 Å². The summed E-state index contributed by atoms with van der Waals surface area (Å²) in [5.41, 5.74) is 6.50. The van der Waals surface area contributed by atoms with Crippen LogP contribution in [0.5, 0.6) is 5.75 Å². The van der Waals surface area contributed by atoms with Gasteiger partial charge in [0.2, 0.25) is 0 Å². The summed E-state index contributed by atoms with van der Waals surface area (Å²) in [6.45, 7) is 3.04. The molecule has 0 heterocycles. The lowest BCUT2D eigenvalue weighted by Gasteiger charge is -2.07. The zero-order valence-electron chi connectivity index (χ0n) is 12.0. The van der Waals surface area contributed by atoms with Gasteiger partial charge in [0.1, 0.15) is 5.75 Å². The Morgan fingerprint density at radius 3 is 2.21 bits per heavy atom. The Kier molecular flexibility index (Phi) is 8.72. The first-order valence-electron chi connectivity index (χ1n) is 7.41. The number of halogens is 1. The summed E-state index contributed by atoms with van der Waals surface area (Å²) in [7, 11) is 0. The molecule has 0 saturated carbocycles. The maximum absolute atomic E-state index is 5.76. The van der Waals surface area contributed by atoms with Crippen LogP contribution in [0.15, 0.2) is 22.7 Å². The minimum atomic E-state index is 0.736. The lowest BCUT2D eigenvalue weighted by molar-refractivity contribution is 0.304. The van der Waals surface area contributed by atoms with Gasteiger partial charge in [-0.1, -0.05) is 67.8 Å². The molecule has 0 atom stereocenters. The molecule has 2 N–H and O–H groups in total. The number of unbranched alkanes of at least 4 members (excludes halogenated alkanes) is 7.